The minimum Gasteiger partial charge on any atom is -0.486 e. The topological polar surface area (TPSA) is 89.1 Å². The number of carbonyl (C=O) groups is 2. The summed E-state index contributed by atoms with van der Waals surface area (Å²) in [5.74, 6) is 0.558. The molecule has 0 aliphatic carbocycles. The Hall–Kier alpha value is -4.30. The predicted molar refractivity (Wildman–Crippen MR) is 138 cm³/mol. The van der Waals surface area contributed by atoms with Crippen LogP contribution in [0.25, 0.3) is 11.3 Å². The second-order valence-corrected chi connectivity index (χ2v) is 8.87. The molecule has 3 aromatic rings. The van der Waals surface area contributed by atoms with Gasteiger partial charge in [0.2, 0.25) is 0 Å². The van der Waals surface area contributed by atoms with Crippen LogP contribution < -0.4 is 20.1 Å². The minimum atomic E-state index is -0.465. The van der Waals surface area contributed by atoms with Gasteiger partial charge in [0.15, 0.2) is 11.5 Å². The molecule has 0 spiro atoms. The van der Waals surface area contributed by atoms with Gasteiger partial charge in [-0.2, -0.15) is 0 Å². The number of fused-ring (bicyclic) bond motifs is 2. The molecule has 5 rings (SSSR count). The van der Waals surface area contributed by atoms with Gasteiger partial charge < -0.3 is 29.7 Å². The third kappa shape index (κ3) is 4.63. The highest BCUT2D eigenvalue weighted by Crippen LogP contribution is 2.40. The second kappa shape index (κ2) is 9.75. The molecular formula is C28H27N3O5. The number of hydrogen-bond acceptors (Lipinski definition) is 7. The van der Waals surface area contributed by atoms with Gasteiger partial charge in [0.1, 0.15) is 13.2 Å². The molecule has 2 N–H and O–H groups in total. The van der Waals surface area contributed by atoms with Gasteiger partial charge in [0.05, 0.1) is 29.6 Å². The summed E-state index contributed by atoms with van der Waals surface area (Å²) in [7, 11) is 5.38. The lowest BCUT2D eigenvalue weighted by molar-refractivity contribution is -0.110. The molecule has 0 unspecified atom stereocenters. The Morgan fingerprint density at radius 3 is 2.42 bits per heavy atom. The zero-order valence-corrected chi connectivity index (χ0v) is 20.4. The summed E-state index contributed by atoms with van der Waals surface area (Å²) in [6.45, 7) is 1.79. The number of rotatable bonds is 6. The molecule has 2 heterocycles. The molecule has 184 valence electrons. The second-order valence-electron chi connectivity index (χ2n) is 8.87. The maximum atomic E-state index is 13.3. The number of nitrogens with zero attached hydrogens (tertiary/aromatic N) is 1. The Balaban J connectivity index is 1.61. The first-order chi connectivity index (χ1) is 17.4. The van der Waals surface area contributed by atoms with Crippen molar-refractivity contribution in [2.24, 2.45) is 0 Å². The number of amides is 1. The summed E-state index contributed by atoms with van der Waals surface area (Å²) in [4.78, 5) is 27.4. The van der Waals surface area contributed by atoms with Crippen LogP contribution in [-0.2, 0) is 16.1 Å². The highest BCUT2D eigenvalue weighted by molar-refractivity contribution is 6.37. The third-order valence-corrected chi connectivity index (χ3v) is 5.99. The first-order valence-corrected chi connectivity index (χ1v) is 11.6. The molecule has 2 aliphatic rings. The fourth-order valence-corrected chi connectivity index (χ4v) is 4.35. The standard InChI is InChI=1S/C28H27N3O5/c1-31(2)16-17-4-8-20(9-5-17)29-26(18-7-11-23-24(15-18)36-13-12-35-23)25-21-10-6-19(28(33)34-3)14-22(21)30-27(25)32/h4-11,14-15,29H,12-13,16H2,1-3H3,(H,30,32). The van der Waals surface area contributed by atoms with E-state index in [0.717, 1.165) is 17.8 Å². The highest BCUT2D eigenvalue weighted by Gasteiger charge is 2.30. The molecule has 2 aliphatic heterocycles. The van der Waals surface area contributed by atoms with Gasteiger partial charge >= 0.3 is 5.97 Å². The summed E-state index contributed by atoms with van der Waals surface area (Å²) >= 11 is 0. The molecule has 0 bridgehead atoms. The molecule has 0 radical (unpaired) electrons. The highest BCUT2D eigenvalue weighted by atomic mass is 16.6. The quantitative estimate of drug-likeness (QED) is 0.399. The van der Waals surface area contributed by atoms with Crippen LogP contribution in [0.4, 0.5) is 11.4 Å². The third-order valence-electron chi connectivity index (χ3n) is 5.99. The Morgan fingerprint density at radius 2 is 1.69 bits per heavy atom. The van der Waals surface area contributed by atoms with E-state index in [1.54, 1.807) is 18.2 Å². The molecule has 0 saturated carbocycles. The number of hydrogen-bond donors (Lipinski definition) is 2. The Morgan fingerprint density at radius 1 is 0.972 bits per heavy atom. The van der Waals surface area contributed by atoms with Gasteiger partial charge in [-0.3, -0.25) is 4.79 Å². The van der Waals surface area contributed by atoms with Crippen molar-refractivity contribution < 1.29 is 23.8 Å². The molecule has 0 fully saturated rings. The van der Waals surface area contributed by atoms with Crippen molar-refractivity contribution in [2.45, 2.75) is 6.54 Å². The fourth-order valence-electron chi connectivity index (χ4n) is 4.35. The van der Waals surface area contributed by atoms with E-state index in [-0.39, 0.29) is 5.91 Å². The number of esters is 1. The van der Waals surface area contributed by atoms with Crippen LogP contribution in [0.2, 0.25) is 0 Å². The fraction of sp³-hybridized carbons (Fsp3) is 0.214. The van der Waals surface area contributed by atoms with Gasteiger partial charge in [-0.1, -0.05) is 18.2 Å². The zero-order chi connectivity index (χ0) is 25.2. The summed E-state index contributed by atoms with van der Waals surface area (Å²) in [6.07, 6.45) is 0. The van der Waals surface area contributed by atoms with Gasteiger partial charge in [-0.05, 0) is 62.1 Å². The average Bonchev–Trinajstić information content (AvgIpc) is 3.21. The van der Waals surface area contributed by atoms with E-state index in [1.165, 1.54) is 12.7 Å². The van der Waals surface area contributed by atoms with E-state index < -0.39 is 5.97 Å². The van der Waals surface area contributed by atoms with Gasteiger partial charge in [0.25, 0.3) is 5.91 Å². The monoisotopic (exact) mass is 485 g/mol. The van der Waals surface area contributed by atoms with Crippen molar-refractivity contribution in [2.75, 3.05) is 45.1 Å². The van der Waals surface area contributed by atoms with Crippen LogP contribution in [0.1, 0.15) is 27.0 Å². The van der Waals surface area contributed by atoms with Gasteiger partial charge in [-0.25, -0.2) is 4.79 Å². The van der Waals surface area contributed by atoms with Crippen LogP contribution in [0.5, 0.6) is 11.5 Å². The number of benzene rings is 3. The van der Waals surface area contributed by atoms with Crippen molar-refractivity contribution in [3.05, 3.63) is 82.9 Å². The molecular weight excluding hydrogens is 458 g/mol. The van der Waals surface area contributed by atoms with Crippen LogP contribution in [-0.4, -0.2) is 51.2 Å². The van der Waals surface area contributed by atoms with E-state index in [2.05, 4.69) is 27.7 Å². The lowest BCUT2D eigenvalue weighted by atomic mass is 9.98. The van der Waals surface area contributed by atoms with Crippen molar-refractivity contribution in [1.82, 2.24) is 4.90 Å². The predicted octanol–water partition coefficient (Wildman–Crippen LogP) is 4.24. The maximum absolute atomic E-state index is 13.3. The van der Waals surface area contributed by atoms with Crippen LogP contribution in [0, 0.1) is 0 Å². The SMILES string of the molecule is COC(=O)c1ccc2c(c1)NC(=O)C2=C(Nc1ccc(CN(C)C)cc1)c1ccc2c(c1)OCCO2. The molecule has 1 amide bonds. The number of methoxy groups -OCH3 is 1. The largest absolute Gasteiger partial charge is 0.486 e. The van der Waals surface area contributed by atoms with Crippen molar-refractivity contribution >= 4 is 34.5 Å². The lowest BCUT2D eigenvalue weighted by Gasteiger charge is -2.21. The Kier molecular flexibility index (Phi) is 6.35. The summed E-state index contributed by atoms with van der Waals surface area (Å²) in [5.41, 5.74) is 5.48. The Labute approximate surface area is 209 Å². The number of ether oxygens (including phenoxy) is 3. The van der Waals surface area contributed by atoms with E-state index in [0.29, 0.717) is 52.8 Å². The smallest absolute Gasteiger partial charge is 0.337 e. The van der Waals surface area contributed by atoms with E-state index in [1.807, 2.05) is 44.4 Å². The van der Waals surface area contributed by atoms with E-state index in [9.17, 15) is 9.59 Å². The number of nitrogens with one attached hydrogen (secondary N) is 2. The first kappa shape index (κ1) is 23.4. The summed E-state index contributed by atoms with van der Waals surface area (Å²) in [5, 5.41) is 6.35. The molecule has 36 heavy (non-hydrogen) atoms. The summed E-state index contributed by atoms with van der Waals surface area (Å²) < 4.78 is 16.3. The summed E-state index contributed by atoms with van der Waals surface area (Å²) in [6, 6.07) is 18.8. The Bertz CT molecular complexity index is 1360. The zero-order valence-electron chi connectivity index (χ0n) is 20.4. The number of anilines is 2. The minimum absolute atomic E-state index is 0.270. The van der Waals surface area contributed by atoms with Gasteiger partial charge in [0, 0.05) is 23.4 Å². The maximum Gasteiger partial charge on any atom is 0.337 e. The van der Waals surface area contributed by atoms with Crippen LogP contribution in [0.15, 0.2) is 60.7 Å². The molecule has 0 saturated heterocycles. The molecule has 3 aromatic carbocycles. The normalized spacial score (nSPS) is 15.3. The molecule has 0 aromatic heterocycles. The van der Waals surface area contributed by atoms with Crippen LogP contribution in [0.3, 0.4) is 0 Å². The van der Waals surface area contributed by atoms with E-state index >= 15 is 0 Å². The molecule has 8 nitrogen and oxygen atoms in total. The molecule has 0 atom stereocenters. The van der Waals surface area contributed by atoms with Crippen LogP contribution >= 0.6 is 0 Å². The molecule has 8 heteroatoms. The average molecular weight is 486 g/mol. The number of carbonyl (C=O) groups excluding carboxylic acids is 2. The first-order valence-electron chi connectivity index (χ1n) is 11.6. The van der Waals surface area contributed by atoms with Crippen molar-refractivity contribution in [3.8, 4) is 11.5 Å². The van der Waals surface area contributed by atoms with E-state index in [4.69, 9.17) is 14.2 Å². The lowest BCUT2D eigenvalue weighted by Crippen LogP contribution is -2.16. The van der Waals surface area contributed by atoms with Crippen molar-refractivity contribution in [1.29, 1.82) is 0 Å². The van der Waals surface area contributed by atoms with Gasteiger partial charge in [-0.15, -0.1) is 0 Å². The van der Waals surface area contributed by atoms with Crippen molar-refractivity contribution in [3.63, 3.8) is 0 Å².